The van der Waals surface area contributed by atoms with E-state index in [0.29, 0.717) is 6.08 Å². The van der Waals surface area contributed by atoms with E-state index in [1.165, 1.54) is 12.1 Å². The van der Waals surface area contributed by atoms with Crippen molar-refractivity contribution in [2.45, 2.75) is 32.1 Å². The van der Waals surface area contributed by atoms with Gasteiger partial charge < -0.3 is 0 Å². The molecule has 19 heavy (non-hydrogen) atoms. The average Bonchev–Trinajstić information content (AvgIpc) is 2.26. The summed E-state index contributed by atoms with van der Waals surface area (Å²) >= 11 is 0. The highest BCUT2D eigenvalue weighted by molar-refractivity contribution is 5.19. The Balaban J connectivity index is 5.06. The summed E-state index contributed by atoms with van der Waals surface area (Å²) < 4.78 is 72.1. The van der Waals surface area contributed by atoms with Crippen LogP contribution in [0.3, 0.4) is 0 Å². The van der Waals surface area contributed by atoms with E-state index < -0.39 is 36.5 Å². The minimum Gasteiger partial charge on any atom is -0.197 e. The fourth-order valence-electron chi connectivity index (χ4n) is 1.32. The molecule has 0 saturated heterocycles. The molecular formula is C11H10F6N2. The molecule has 0 aromatic rings. The van der Waals surface area contributed by atoms with Gasteiger partial charge in [0.25, 0.3) is 0 Å². The standard InChI is InChI=1S/C11H10F6N2/c1-8(2-3-10(12,13)14)9(6-18,7-19)4-5-11(15,16)17/h2-3,8H,4-5H2,1H3. The number of allylic oxidation sites excluding steroid dienone is 2. The maximum Gasteiger partial charge on any atom is 0.409 e. The third kappa shape index (κ3) is 6.14. The Morgan fingerprint density at radius 2 is 1.47 bits per heavy atom. The van der Waals surface area contributed by atoms with Gasteiger partial charge in [-0.25, -0.2) is 0 Å². The fourth-order valence-corrected chi connectivity index (χ4v) is 1.32. The zero-order chi connectivity index (χ0) is 15.3. The van der Waals surface area contributed by atoms with Crippen molar-refractivity contribution < 1.29 is 26.3 Å². The molecule has 0 aliphatic rings. The molecule has 1 unspecified atom stereocenters. The van der Waals surface area contributed by atoms with Crippen molar-refractivity contribution in [3.63, 3.8) is 0 Å². The van der Waals surface area contributed by atoms with E-state index in [0.717, 1.165) is 6.92 Å². The monoisotopic (exact) mass is 284 g/mol. The zero-order valence-corrected chi connectivity index (χ0v) is 9.81. The molecule has 8 heteroatoms. The molecule has 0 spiro atoms. The summed E-state index contributed by atoms with van der Waals surface area (Å²) in [5.74, 6) is -1.27. The van der Waals surface area contributed by atoms with Crippen LogP contribution in [0.2, 0.25) is 0 Å². The number of nitrogens with zero attached hydrogens (tertiary/aromatic N) is 2. The SMILES string of the molecule is CC(C=CC(F)(F)F)C(C#N)(C#N)CCC(F)(F)F. The van der Waals surface area contributed by atoms with Crippen molar-refractivity contribution in [3.8, 4) is 12.1 Å². The van der Waals surface area contributed by atoms with Gasteiger partial charge in [-0.15, -0.1) is 0 Å². The summed E-state index contributed by atoms with van der Waals surface area (Å²) in [6, 6.07) is 2.79. The molecule has 0 amide bonds. The van der Waals surface area contributed by atoms with Gasteiger partial charge in [-0.05, 0) is 6.42 Å². The minimum atomic E-state index is -4.64. The Morgan fingerprint density at radius 3 is 1.79 bits per heavy atom. The molecule has 0 radical (unpaired) electrons. The molecule has 0 bridgehead atoms. The Kier molecular flexibility index (Phi) is 5.43. The Hall–Kier alpha value is -1.70. The van der Waals surface area contributed by atoms with Crippen molar-refractivity contribution in [2.75, 3.05) is 0 Å². The van der Waals surface area contributed by atoms with Crippen LogP contribution in [0, 0.1) is 34.0 Å². The van der Waals surface area contributed by atoms with Crippen LogP contribution in [-0.4, -0.2) is 12.4 Å². The van der Waals surface area contributed by atoms with Gasteiger partial charge in [0.15, 0.2) is 0 Å². The Morgan fingerprint density at radius 1 is 1.00 bits per heavy atom. The lowest BCUT2D eigenvalue weighted by molar-refractivity contribution is -0.138. The Labute approximate surface area is 105 Å². The van der Waals surface area contributed by atoms with Gasteiger partial charge in [-0.3, -0.25) is 0 Å². The minimum absolute atomic E-state index is 0.186. The lowest BCUT2D eigenvalue weighted by atomic mass is 9.75. The van der Waals surface area contributed by atoms with E-state index in [1.54, 1.807) is 0 Å². The molecule has 106 valence electrons. The molecule has 0 fully saturated rings. The first kappa shape index (κ1) is 17.3. The lowest BCUT2D eigenvalue weighted by Crippen LogP contribution is -2.27. The number of alkyl halides is 6. The highest BCUT2D eigenvalue weighted by atomic mass is 19.4. The number of rotatable bonds is 4. The van der Waals surface area contributed by atoms with Crippen molar-refractivity contribution in [3.05, 3.63) is 12.2 Å². The van der Waals surface area contributed by atoms with Gasteiger partial charge in [0, 0.05) is 18.4 Å². The second-order valence-electron chi connectivity index (χ2n) is 4.00. The predicted octanol–water partition coefficient (Wildman–Crippen LogP) is 4.12. The molecule has 1 atom stereocenters. The van der Waals surface area contributed by atoms with Gasteiger partial charge in [0.1, 0.15) is 5.41 Å². The van der Waals surface area contributed by atoms with E-state index in [1.807, 2.05) is 0 Å². The maximum absolute atomic E-state index is 12.1. The molecule has 0 aromatic carbocycles. The topological polar surface area (TPSA) is 47.6 Å². The molecule has 0 rings (SSSR count). The summed E-state index contributed by atoms with van der Waals surface area (Å²) in [5.41, 5.74) is -2.13. The molecule has 0 heterocycles. The fraction of sp³-hybridized carbons (Fsp3) is 0.636. The normalized spacial score (nSPS) is 15.0. The lowest BCUT2D eigenvalue weighted by Gasteiger charge is -2.24. The van der Waals surface area contributed by atoms with E-state index in [2.05, 4.69) is 0 Å². The smallest absolute Gasteiger partial charge is 0.197 e. The number of hydrogen-bond donors (Lipinski definition) is 0. The number of nitriles is 2. The molecular weight excluding hydrogens is 274 g/mol. The highest BCUT2D eigenvalue weighted by Gasteiger charge is 2.40. The summed E-state index contributed by atoms with van der Waals surface area (Å²) in [6.45, 7) is 1.10. The van der Waals surface area contributed by atoms with Gasteiger partial charge in [-0.1, -0.05) is 13.0 Å². The van der Waals surface area contributed by atoms with Crippen LogP contribution in [0.15, 0.2) is 12.2 Å². The van der Waals surface area contributed by atoms with Crippen molar-refractivity contribution in [1.82, 2.24) is 0 Å². The quantitative estimate of drug-likeness (QED) is 0.576. The summed E-state index contributed by atoms with van der Waals surface area (Å²) in [4.78, 5) is 0. The van der Waals surface area contributed by atoms with E-state index in [4.69, 9.17) is 10.5 Å². The van der Waals surface area contributed by atoms with Gasteiger partial charge in [0.2, 0.25) is 0 Å². The van der Waals surface area contributed by atoms with Gasteiger partial charge >= 0.3 is 12.4 Å². The van der Waals surface area contributed by atoms with E-state index in [9.17, 15) is 26.3 Å². The van der Waals surface area contributed by atoms with Crippen LogP contribution in [0.1, 0.15) is 19.8 Å². The predicted molar refractivity (Wildman–Crippen MR) is 53.3 cm³/mol. The van der Waals surface area contributed by atoms with E-state index >= 15 is 0 Å². The van der Waals surface area contributed by atoms with Crippen molar-refractivity contribution >= 4 is 0 Å². The summed E-state index contributed by atoms with van der Waals surface area (Å²) in [5, 5.41) is 17.6. The first-order chi connectivity index (χ1) is 8.46. The van der Waals surface area contributed by atoms with E-state index in [-0.39, 0.29) is 6.08 Å². The van der Waals surface area contributed by atoms with Crippen LogP contribution >= 0.6 is 0 Å². The second kappa shape index (κ2) is 5.96. The molecule has 0 aliphatic carbocycles. The van der Waals surface area contributed by atoms with Crippen LogP contribution in [0.5, 0.6) is 0 Å². The number of halogens is 6. The second-order valence-corrected chi connectivity index (χ2v) is 4.00. The third-order valence-electron chi connectivity index (χ3n) is 2.55. The maximum atomic E-state index is 12.1. The highest BCUT2D eigenvalue weighted by Crippen LogP contribution is 2.37. The molecule has 0 saturated carbocycles. The first-order valence-corrected chi connectivity index (χ1v) is 5.11. The molecule has 0 aliphatic heterocycles. The molecule has 0 aromatic heterocycles. The Bertz CT molecular complexity index is 393. The van der Waals surface area contributed by atoms with Crippen LogP contribution in [0.25, 0.3) is 0 Å². The summed E-state index contributed by atoms with van der Waals surface area (Å²) in [7, 11) is 0. The van der Waals surface area contributed by atoms with Crippen molar-refractivity contribution in [1.29, 1.82) is 10.5 Å². The summed E-state index contributed by atoms with van der Waals surface area (Å²) in [6.07, 6.45) is -11.1. The van der Waals surface area contributed by atoms with Crippen LogP contribution in [-0.2, 0) is 0 Å². The molecule has 0 N–H and O–H groups in total. The van der Waals surface area contributed by atoms with Gasteiger partial charge in [-0.2, -0.15) is 36.9 Å². The van der Waals surface area contributed by atoms with Crippen LogP contribution in [0.4, 0.5) is 26.3 Å². The van der Waals surface area contributed by atoms with Crippen molar-refractivity contribution in [2.24, 2.45) is 11.3 Å². The largest absolute Gasteiger partial charge is 0.409 e. The molecule has 2 nitrogen and oxygen atoms in total. The number of hydrogen-bond acceptors (Lipinski definition) is 2. The van der Waals surface area contributed by atoms with Gasteiger partial charge in [0.05, 0.1) is 12.1 Å². The first-order valence-electron chi connectivity index (χ1n) is 5.11. The average molecular weight is 284 g/mol. The third-order valence-corrected chi connectivity index (χ3v) is 2.55. The zero-order valence-electron chi connectivity index (χ0n) is 9.81. The van der Waals surface area contributed by atoms with Crippen LogP contribution < -0.4 is 0 Å².